The molecule has 1 aromatic heterocycles. The minimum atomic E-state index is -3.68. The molecular formula is C20H24N2O4S2. The first-order valence-electron chi connectivity index (χ1n) is 9.49. The van der Waals surface area contributed by atoms with Crippen LogP contribution >= 0.6 is 11.3 Å². The smallest absolute Gasteiger partial charge is 0.254 e. The Hall–Kier alpha value is -1.90. The Kier molecular flexibility index (Phi) is 5.20. The van der Waals surface area contributed by atoms with Crippen molar-refractivity contribution in [3.63, 3.8) is 0 Å². The van der Waals surface area contributed by atoms with Gasteiger partial charge < -0.3 is 9.64 Å². The van der Waals surface area contributed by atoms with Gasteiger partial charge in [0.25, 0.3) is 5.91 Å². The van der Waals surface area contributed by atoms with Gasteiger partial charge in [0, 0.05) is 30.1 Å². The number of benzene rings is 1. The zero-order valence-electron chi connectivity index (χ0n) is 16.1. The van der Waals surface area contributed by atoms with E-state index in [2.05, 4.69) is 11.4 Å². The van der Waals surface area contributed by atoms with Crippen molar-refractivity contribution in [1.82, 2.24) is 9.21 Å². The molecule has 1 aromatic carbocycles. The Labute approximate surface area is 169 Å². The van der Waals surface area contributed by atoms with Crippen LogP contribution in [0.3, 0.4) is 0 Å². The van der Waals surface area contributed by atoms with E-state index in [4.69, 9.17) is 4.74 Å². The average molecular weight is 421 g/mol. The van der Waals surface area contributed by atoms with Crippen molar-refractivity contribution < 1.29 is 17.9 Å². The van der Waals surface area contributed by atoms with Crippen LogP contribution in [0.15, 0.2) is 34.5 Å². The van der Waals surface area contributed by atoms with E-state index in [1.54, 1.807) is 23.5 Å². The molecule has 150 valence electrons. The molecule has 3 heterocycles. The van der Waals surface area contributed by atoms with Crippen molar-refractivity contribution in [2.75, 3.05) is 26.7 Å². The van der Waals surface area contributed by atoms with Crippen molar-refractivity contribution >= 4 is 27.3 Å². The molecule has 0 spiro atoms. The standard InChI is InChI=1S/C20H24N2O4S2/c1-14-16-8-12-27-18(16)7-11-22(14)20(23)15-5-6-17(26-2)19(13-15)28(24,25)21-9-3-4-10-21/h5-6,8,12-14H,3-4,7,9-11H2,1-2H3. The summed E-state index contributed by atoms with van der Waals surface area (Å²) in [6.07, 6.45) is 2.54. The van der Waals surface area contributed by atoms with Crippen LogP contribution in [-0.2, 0) is 16.4 Å². The second-order valence-electron chi connectivity index (χ2n) is 7.20. The Morgan fingerprint density at radius 1 is 1.18 bits per heavy atom. The molecule has 2 aliphatic rings. The van der Waals surface area contributed by atoms with Gasteiger partial charge in [-0.05, 0) is 61.4 Å². The molecule has 0 N–H and O–H groups in total. The Morgan fingerprint density at radius 2 is 1.93 bits per heavy atom. The first-order chi connectivity index (χ1) is 13.4. The number of fused-ring (bicyclic) bond motifs is 1. The summed E-state index contributed by atoms with van der Waals surface area (Å²) in [5, 5.41) is 2.06. The summed E-state index contributed by atoms with van der Waals surface area (Å²) in [6.45, 7) is 3.67. The molecule has 2 aromatic rings. The third-order valence-corrected chi connectivity index (χ3v) is 8.55. The first-order valence-corrected chi connectivity index (χ1v) is 11.8. The summed E-state index contributed by atoms with van der Waals surface area (Å²) in [5.74, 6) is 0.125. The number of hydrogen-bond donors (Lipinski definition) is 0. The summed E-state index contributed by atoms with van der Waals surface area (Å²) in [6, 6.07) is 6.76. The highest BCUT2D eigenvalue weighted by atomic mass is 32.2. The number of hydrogen-bond acceptors (Lipinski definition) is 5. The summed E-state index contributed by atoms with van der Waals surface area (Å²) in [5.41, 5.74) is 1.56. The fourth-order valence-electron chi connectivity index (χ4n) is 4.03. The lowest BCUT2D eigenvalue weighted by atomic mass is 10.0. The highest BCUT2D eigenvalue weighted by Crippen LogP contribution is 2.35. The zero-order chi connectivity index (χ0) is 19.9. The molecule has 8 heteroatoms. The SMILES string of the molecule is COc1ccc(C(=O)N2CCc3sccc3C2C)cc1S(=O)(=O)N1CCCC1. The number of ether oxygens (including phenoxy) is 1. The Bertz CT molecular complexity index is 993. The molecular weight excluding hydrogens is 396 g/mol. The van der Waals surface area contributed by atoms with Gasteiger partial charge in [-0.1, -0.05) is 0 Å². The van der Waals surface area contributed by atoms with E-state index in [-0.39, 0.29) is 22.6 Å². The number of thiophene rings is 1. The minimum Gasteiger partial charge on any atom is -0.495 e. The molecule has 1 atom stereocenters. The highest BCUT2D eigenvalue weighted by molar-refractivity contribution is 7.89. The van der Waals surface area contributed by atoms with Gasteiger partial charge in [0.2, 0.25) is 10.0 Å². The van der Waals surface area contributed by atoms with Crippen LogP contribution < -0.4 is 4.74 Å². The number of sulfonamides is 1. The van der Waals surface area contributed by atoms with Crippen molar-refractivity contribution in [1.29, 1.82) is 0 Å². The van der Waals surface area contributed by atoms with Crippen LogP contribution in [0.2, 0.25) is 0 Å². The van der Waals surface area contributed by atoms with Gasteiger partial charge in [-0.15, -0.1) is 11.3 Å². The maximum atomic E-state index is 13.2. The summed E-state index contributed by atoms with van der Waals surface area (Å²) < 4.78 is 32.9. The van der Waals surface area contributed by atoms with Crippen LogP contribution in [0.1, 0.15) is 46.6 Å². The maximum Gasteiger partial charge on any atom is 0.254 e. The average Bonchev–Trinajstić information content (AvgIpc) is 3.39. The van der Waals surface area contributed by atoms with E-state index >= 15 is 0 Å². The number of methoxy groups -OCH3 is 1. The van der Waals surface area contributed by atoms with Crippen LogP contribution in [0, 0.1) is 0 Å². The molecule has 0 bridgehead atoms. The van der Waals surface area contributed by atoms with Crippen LogP contribution in [0.4, 0.5) is 0 Å². The molecule has 1 saturated heterocycles. The van der Waals surface area contributed by atoms with E-state index < -0.39 is 10.0 Å². The van der Waals surface area contributed by atoms with E-state index in [1.165, 1.54) is 27.9 Å². The summed E-state index contributed by atoms with van der Waals surface area (Å²) in [4.78, 5) is 16.4. The van der Waals surface area contributed by atoms with Crippen molar-refractivity contribution in [2.24, 2.45) is 0 Å². The molecule has 28 heavy (non-hydrogen) atoms. The molecule has 1 amide bonds. The fourth-order valence-corrected chi connectivity index (χ4v) is 6.69. The molecule has 1 unspecified atom stereocenters. The molecule has 1 fully saturated rings. The van der Waals surface area contributed by atoms with E-state index in [1.807, 2.05) is 11.8 Å². The van der Waals surface area contributed by atoms with Gasteiger partial charge in [0.1, 0.15) is 10.6 Å². The largest absolute Gasteiger partial charge is 0.495 e. The normalized spacial score (nSPS) is 20.2. The monoisotopic (exact) mass is 420 g/mol. The molecule has 0 saturated carbocycles. The lowest BCUT2D eigenvalue weighted by molar-refractivity contribution is 0.0679. The summed E-state index contributed by atoms with van der Waals surface area (Å²) >= 11 is 1.72. The molecule has 0 radical (unpaired) electrons. The third kappa shape index (κ3) is 3.23. The second-order valence-corrected chi connectivity index (χ2v) is 10.1. The van der Waals surface area contributed by atoms with Gasteiger partial charge in [-0.25, -0.2) is 8.42 Å². The van der Waals surface area contributed by atoms with Crippen molar-refractivity contribution in [3.8, 4) is 5.75 Å². The third-order valence-electron chi connectivity index (χ3n) is 5.63. The number of rotatable bonds is 4. The summed E-state index contributed by atoms with van der Waals surface area (Å²) in [7, 11) is -2.23. The van der Waals surface area contributed by atoms with Gasteiger partial charge >= 0.3 is 0 Å². The fraction of sp³-hybridized carbons (Fsp3) is 0.450. The van der Waals surface area contributed by atoms with Crippen LogP contribution in [0.25, 0.3) is 0 Å². The van der Waals surface area contributed by atoms with E-state index in [9.17, 15) is 13.2 Å². The predicted molar refractivity (Wildman–Crippen MR) is 108 cm³/mol. The zero-order valence-corrected chi connectivity index (χ0v) is 17.7. The van der Waals surface area contributed by atoms with Gasteiger partial charge in [0.15, 0.2) is 0 Å². The Balaban J connectivity index is 1.68. The Morgan fingerprint density at radius 3 is 2.64 bits per heavy atom. The van der Waals surface area contributed by atoms with Crippen molar-refractivity contribution in [2.45, 2.75) is 37.1 Å². The quantitative estimate of drug-likeness (QED) is 0.761. The maximum absolute atomic E-state index is 13.2. The van der Waals surface area contributed by atoms with Crippen LogP contribution in [0.5, 0.6) is 5.75 Å². The number of nitrogens with zero attached hydrogens (tertiary/aromatic N) is 2. The van der Waals surface area contributed by atoms with Gasteiger partial charge in [-0.2, -0.15) is 4.31 Å². The number of amides is 1. The minimum absolute atomic E-state index is 0.0248. The molecule has 2 aliphatic heterocycles. The van der Waals surface area contributed by atoms with Gasteiger partial charge in [-0.3, -0.25) is 4.79 Å². The van der Waals surface area contributed by atoms with E-state index in [0.717, 1.165) is 19.3 Å². The molecule has 0 aliphatic carbocycles. The van der Waals surface area contributed by atoms with Crippen molar-refractivity contribution in [3.05, 3.63) is 45.6 Å². The highest BCUT2D eigenvalue weighted by Gasteiger charge is 2.33. The van der Waals surface area contributed by atoms with Gasteiger partial charge in [0.05, 0.1) is 13.2 Å². The van der Waals surface area contributed by atoms with Crippen LogP contribution in [-0.4, -0.2) is 50.3 Å². The van der Waals surface area contributed by atoms with E-state index in [0.29, 0.717) is 25.2 Å². The number of carbonyl (C=O) groups is 1. The first kappa shape index (κ1) is 19.4. The second kappa shape index (κ2) is 7.50. The molecule has 6 nitrogen and oxygen atoms in total. The number of carbonyl (C=O) groups excluding carboxylic acids is 1. The lowest BCUT2D eigenvalue weighted by Gasteiger charge is -2.34. The topological polar surface area (TPSA) is 66.9 Å². The molecule has 4 rings (SSSR count). The lowest BCUT2D eigenvalue weighted by Crippen LogP contribution is -2.38. The predicted octanol–water partition coefficient (Wildman–Crippen LogP) is 3.30.